The fourth-order valence-corrected chi connectivity index (χ4v) is 0. The minimum atomic E-state index is -6.00. The van der Waals surface area contributed by atoms with Crippen LogP contribution < -0.4 is 0 Å². The summed E-state index contributed by atoms with van der Waals surface area (Å²) in [6.45, 7) is 2.26. The van der Waals surface area contributed by atoms with Crippen LogP contribution in [0, 0.1) is 5.39 Å². The lowest BCUT2D eigenvalue weighted by molar-refractivity contribution is 0.368. The Morgan fingerprint density at radius 3 is 1.44 bits per heavy atom. The summed E-state index contributed by atoms with van der Waals surface area (Å²) in [6.07, 6.45) is 0. The predicted molar refractivity (Wildman–Crippen MR) is 25.8 cm³/mol. The van der Waals surface area contributed by atoms with E-state index in [2.05, 4.69) is 4.98 Å². The van der Waals surface area contributed by atoms with Crippen molar-refractivity contribution in [2.45, 2.75) is 6.92 Å². The molecule has 0 rings (SSSR count). The van der Waals surface area contributed by atoms with E-state index in [1.54, 1.807) is 6.92 Å². The lowest BCUT2D eigenvalue weighted by Crippen LogP contribution is -2.02. The van der Waals surface area contributed by atoms with Crippen molar-refractivity contribution in [3.05, 3.63) is 4.98 Å². The van der Waals surface area contributed by atoms with Crippen molar-refractivity contribution in [3.8, 4) is 0 Å². The van der Waals surface area contributed by atoms with Crippen molar-refractivity contribution in [1.82, 2.24) is 0 Å². The highest BCUT2D eigenvalue weighted by Gasteiger charge is 2.20. The summed E-state index contributed by atoms with van der Waals surface area (Å²) in [6, 6.07) is 0. The molecule has 9 heavy (non-hydrogen) atoms. The summed E-state index contributed by atoms with van der Waals surface area (Å²) in [4.78, 5) is 2.74. The van der Waals surface area contributed by atoms with Gasteiger partial charge in [0.1, 0.15) is 4.98 Å². The first kappa shape index (κ1) is 11.1. The Morgan fingerprint density at radius 1 is 1.33 bits per heavy atom. The molecule has 0 aromatic carbocycles. The number of hydrogen-bond acceptors (Lipinski definition) is 1. The molecule has 0 spiro atoms. The minimum Gasteiger partial charge on any atom is -0.418 e. The van der Waals surface area contributed by atoms with Gasteiger partial charge in [0.2, 0.25) is 5.39 Å². The number of diazo groups is 1. The normalized spacial score (nSPS) is 8.89. The molecule has 0 aromatic rings. The molecule has 0 unspecified atom stereocenters. The van der Waals surface area contributed by atoms with E-state index in [0.29, 0.717) is 6.54 Å². The number of halogens is 4. The van der Waals surface area contributed by atoms with E-state index < -0.39 is 7.25 Å². The van der Waals surface area contributed by atoms with Crippen LogP contribution in [0.5, 0.6) is 0 Å². The third kappa shape index (κ3) is 4650. The molecule has 2 nitrogen and oxygen atoms in total. The zero-order valence-corrected chi connectivity index (χ0v) is 4.69. The van der Waals surface area contributed by atoms with E-state index >= 15 is 0 Å². The van der Waals surface area contributed by atoms with Gasteiger partial charge in [0.25, 0.3) is 0 Å². The first-order valence-corrected chi connectivity index (χ1v) is 2.10. The summed E-state index contributed by atoms with van der Waals surface area (Å²) in [5.41, 5.74) is 0. The highest BCUT2D eigenvalue weighted by atomic mass is 19.5. The van der Waals surface area contributed by atoms with Gasteiger partial charge in [-0.15, -0.1) is 0 Å². The first-order chi connectivity index (χ1) is 3.91. The molecular weight excluding hydrogens is 139 g/mol. The van der Waals surface area contributed by atoms with Crippen LogP contribution in [0.4, 0.5) is 17.3 Å². The standard InChI is InChI=1S/C2H5N2.BF4/c1-2-4-3;2-1(3,4)5/h2H2,1H3;/q+1;-1. The van der Waals surface area contributed by atoms with Crippen molar-refractivity contribution in [2.24, 2.45) is 0 Å². The molecule has 0 radical (unpaired) electrons. The average Bonchev–Trinajstić information content (AvgIpc) is 1.61. The highest BCUT2D eigenvalue weighted by molar-refractivity contribution is 6.50. The van der Waals surface area contributed by atoms with E-state index in [1.807, 2.05) is 0 Å². The smallest absolute Gasteiger partial charge is 0.418 e. The Morgan fingerprint density at radius 2 is 1.44 bits per heavy atom. The quantitative estimate of drug-likeness (QED) is 0.290. The molecule has 0 N–H and O–H groups in total. The van der Waals surface area contributed by atoms with E-state index in [1.165, 1.54) is 0 Å². The van der Waals surface area contributed by atoms with Crippen LogP contribution in [0.2, 0.25) is 0 Å². The largest absolute Gasteiger partial charge is 0.673 e. The van der Waals surface area contributed by atoms with Crippen molar-refractivity contribution < 1.29 is 17.3 Å². The zero-order valence-electron chi connectivity index (χ0n) is 4.69. The fourth-order valence-electron chi connectivity index (χ4n) is 0. The lowest BCUT2D eigenvalue weighted by Gasteiger charge is -1.94. The monoisotopic (exact) mass is 144 g/mol. The third-order valence-corrected chi connectivity index (χ3v) is 0.141. The van der Waals surface area contributed by atoms with Gasteiger partial charge in [-0.1, -0.05) is 0 Å². The Labute approximate surface area is 49.6 Å². The zero-order chi connectivity index (χ0) is 7.91. The first-order valence-electron chi connectivity index (χ1n) is 2.10. The van der Waals surface area contributed by atoms with Crippen LogP contribution in [-0.4, -0.2) is 13.8 Å². The Hall–Kier alpha value is -0.795. The van der Waals surface area contributed by atoms with Crippen LogP contribution in [-0.2, 0) is 0 Å². The molecule has 7 heteroatoms. The molecule has 0 bridgehead atoms. The molecule has 0 heterocycles. The molecule has 0 aliphatic rings. The van der Waals surface area contributed by atoms with Crippen molar-refractivity contribution in [2.75, 3.05) is 6.54 Å². The summed E-state index contributed by atoms with van der Waals surface area (Å²) >= 11 is 0. The number of hydrogen-bond donors (Lipinski definition) is 0. The van der Waals surface area contributed by atoms with Crippen LogP contribution in [0.25, 0.3) is 4.98 Å². The van der Waals surface area contributed by atoms with Gasteiger partial charge < -0.3 is 17.3 Å². The van der Waals surface area contributed by atoms with Crippen LogP contribution in [0.15, 0.2) is 0 Å². The molecule has 0 saturated carbocycles. The SMILES string of the molecule is CC[N+]#N.F[B-](F)(F)F. The highest BCUT2D eigenvalue weighted by Crippen LogP contribution is 2.06. The maximum atomic E-state index is 9.75. The Kier molecular flexibility index (Phi) is 6.57. The van der Waals surface area contributed by atoms with Gasteiger partial charge in [0, 0.05) is 6.92 Å². The van der Waals surface area contributed by atoms with Crippen LogP contribution in [0.3, 0.4) is 0 Å². The molecular formula is C2H5BF4N2. The van der Waals surface area contributed by atoms with Crippen molar-refractivity contribution in [3.63, 3.8) is 0 Å². The van der Waals surface area contributed by atoms with E-state index in [4.69, 9.17) is 5.39 Å². The van der Waals surface area contributed by atoms with Gasteiger partial charge in [-0.3, -0.25) is 0 Å². The molecule has 0 aromatic heterocycles. The Bertz CT molecular complexity index is 87.7. The van der Waals surface area contributed by atoms with Crippen molar-refractivity contribution in [1.29, 1.82) is 5.39 Å². The lowest BCUT2D eigenvalue weighted by atomic mass is 10.3. The average molecular weight is 144 g/mol. The van der Waals surface area contributed by atoms with Gasteiger partial charge in [-0.2, -0.15) is 0 Å². The molecule has 54 valence electrons. The molecule has 0 aliphatic heterocycles. The van der Waals surface area contributed by atoms with Gasteiger partial charge in [0.05, 0.1) is 0 Å². The summed E-state index contributed by atoms with van der Waals surface area (Å²) in [5.74, 6) is 0. The van der Waals surface area contributed by atoms with E-state index in [-0.39, 0.29) is 0 Å². The van der Waals surface area contributed by atoms with Crippen molar-refractivity contribution >= 4 is 7.25 Å². The molecule has 0 aliphatic carbocycles. The van der Waals surface area contributed by atoms with Gasteiger partial charge in [0.15, 0.2) is 0 Å². The molecule has 0 saturated heterocycles. The summed E-state index contributed by atoms with van der Waals surface area (Å²) in [5, 5.41) is 7.50. The molecule has 0 fully saturated rings. The predicted octanol–water partition coefficient (Wildman–Crippen LogP) is 2.16. The van der Waals surface area contributed by atoms with E-state index in [0.717, 1.165) is 0 Å². The molecule has 0 atom stereocenters. The van der Waals surface area contributed by atoms with Crippen LogP contribution >= 0.6 is 0 Å². The third-order valence-electron chi connectivity index (χ3n) is 0.141. The topological polar surface area (TPSA) is 28.1 Å². The maximum absolute atomic E-state index is 9.75. The van der Waals surface area contributed by atoms with Crippen LogP contribution in [0.1, 0.15) is 6.92 Å². The Balaban J connectivity index is 0. The minimum absolute atomic E-state index is 0.500. The number of nitrogens with zero attached hydrogens (tertiary/aromatic N) is 2. The summed E-state index contributed by atoms with van der Waals surface area (Å²) in [7, 11) is -6.00. The fraction of sp³-hybridized carbons (Fsp3) is 1.00. The molecule has 0 amide bonds. The van der Waals surface area contributed by atoms with Gasteiger partial charge in [-0.25, -0.2) is 0 Å². The van der Waals surface area contributed by atoms with Gasteiger partial charge in [-0.05, 0) is 0 Å². The second-order valence-corrected chi connectivity index (χ2v) is 0.953. The second-order valence-electron chi connectivity index (χ2n) is 0.953. The number of rotatable bonds is 0. The summed E-state index contributed by atoms with van der Waals surface area (Å²) < 4.78 is 39.0. The van der Waals surface area contributed by atoms with E-state index in [9.17, 15) is 17.3 Å². The second kappa shape index (κ2) is 5.34. The maximum Gasteiger partial charge on any atom is 0.673 e. The van der Waals surface area contributed by atoms with Gasteiger partial charge >= 0.3 is 13.8 Å².